The van der Waals surface area contributed by atoms with Crippen LogP contribution in [0.1, 0.15) is 46.1 Å². The molecule has 0 fully saturated rings. The van der Waals surface area contributed by atoms with Crippen molar-refractivity contribution in [1.29, 1.82) is 0 Å². The number of carbonyl (C=O) groups is 2. The van der Waals surface area contributed by atoms with Gasteiger partial charge < -0.3 is 9.32 Å². The molecule has 4 heterocycles. The Hall–Kier alpha value is -4.05. The summed E-state index contributed by atoms with van der Waals surface area (Å²) in [7, 11) is 0. The SMILES string of the molecule is CC(C)Cc1nnc(N2C(=O)c3oc4ccc(Cl)cc4c(=O)c3C23C(=O)N(Cc2ccc(Cl)cc2)c2ccccc23)s1. The first kappa shape index (κ1) is 26.8. The number of benzene rings is 3. The third-order valence-electron chi connectivity index (χ3n) is 7.57. The second-order valence-corrected chi connectivity index (χ2v) is 12.7. The third-order valence-corrected chi connectivity index (χ3v) is 8.99. The summed E-state index contributed by atoms with van der Waals surface area (Å²) in [6.45, 7) is 4.31. The van der Waals surface area contributed by atoms with Gasteiger partial charge in [-0.15, -0.1) is 10.2 Å². The van der Waals surface area contributed by atoms with Crippen LogP contribution in [0, 0.1) is 5.92 Å². The van der Waals surface area contributed by atoms with Crippen LogP contribution in [0.15, 0.2) is 75.9 Å². The Morgan fingerprint density at radius 2 is 1.69 bits per heavy atom. The number of hydrogen-bond donors (Lipinski definition) is 0. The predicted octanol–water partition coefficient (Wildman–Crippen LogP) is 6.60. The highest BCUT2D eigenvalue weighted by molar-refractivity contribution is 7.15. The zero-order valence-electron chi connectivity index (χ0n) is 22.4. The largest absolute Gasteiger partial charge is 0.450 e. The van der Waals surface area contributed by atoms with Gasteiger partial charge in [-0.1, -0.05) is 78.7 Å². The molecule has 0 saturated heterocycles. The Labute approximate surface area is 254 Å². The van der Waals surface area contributed by atoms with Crippen molar-refractivity contribution in [3.05, 3.63) is 114 Å². The topological polar surface area (TPSA) is 96.6 Å². The van der Waals surface area contributed by atoms with Gasteiger partial charge >= 0.3 is 0 Å². The predicted molar refractivity (Wildman–Crippen MR) is 163 cm³/mol. The third kappa shape index (κ3) is 3.84. The Morgan fingerprint density at radius 1 is 0.952 bits per heavy atom. The Morgan fingerprint density at radius 3 is 2.45 bits per heavy atom. The fourth-order valence-electron chi connectivity index (χ4n) is 5.83. The van der Waals surface area contributed by atoms with Gasteiger partial charge in [-0.05, 0) is 47.9 Å². The maximum Gasteiger partial charge on any atom is 0.297 e. The Balaban J connectivity index is 1.52. The van der Waals surface area contributed by atoms with Crippen LogP contribution in [0.25, 0.3) is 11.0 Å². The second kappa shape index (κ2) is 9.76. The lowest BCUT2D eigenvalue weighted by Gasteiger charge is -2.32. The van der Waals surface area contributed by atoms with Crippen LogP contribution in [0.5, 0.6) is 0 Å². The van der Waals surface area contributed by atoms with Gasteiger partial charge in [-0.3, -0.25) is 19.3 Å². The minimum Gasteiger partial charge on any atom is -0.450 e. The molecule has 42 heavy (non-hydrogen) atoms. The summed E-state index contributed by atoms with van der Waals surface area (Å²) in [6, 6.07) is 19.0. The number of halogens is 2. The number of rotatable bonds is 5. The maximum atomic E-state index is 14.9. The van der Waals surface area contributed by atoms with E-state index in [4.69, 9.17) is 27.6 Å². The number of nitrogens with zero attached hydrogens (tertiary/aromatic N) is 4. The molecule has 8 nitrogen and oxygen atoms in total. The van der Waals surface area contributed by atoms with Crippen molar-refractivity contribution < 1.29 is 14.0 Å². The van der Waals surface area contributed by atoms with Crippen LogP contribution < -0.4 is 15.2 Å². The van der Waals surface area contributed by atoms with Crippen molar-refractivity contribution in [3.8, 4) is 0 Å². The zero-order valence-corrected chi connectivity index (χ0v) is 24.8. The summed E-state index contributed by atoms with van der Waals surface area (Å²) in [5.74, 6) is -1.01. The van der Waals surface area contributed by atoms with E-state index in [0.717, 1.165) is 5.56 Å². The van der Waals surface area contributed by atoms with Gasteiger partial charge in [0, 0.05) is 22.0 Å². The van der Waals surface area contributed by atoms with Gasteiger partial charge in [0.25, 0.3) is 11.8 Å². The van der Waals surface area contributed by atoms with Crippen LogP contribution in [-0.2, 0) is 23.3 Å². The minimum atomic E-state index is -1.86. The molecule has 0 bridgehead atoms. The van der Waals surface area contributed by atoms with Crippen molar-refractivity contribution in [2.75, 3.05) is 9.80 Å². The van der Waals surface area contributed by atoms with E-state index in [9.17, 15) is 14.4 Å². The molecule has 3 aromatic carbocycles. The number of para-hydroxylation sites is 1. The lowest BCUT2D eigenvalue weighted by molar-refractivity contribution is -0.121. The highest BCUT2D eigenvalue weighted by Gasteiger charge is 2.66. The maximum absolute atomic E-state index is 14.9. The van der Waals surface area contributed by atoms with Crippen LogP contribution in [0.3, 0.4) is 0 Å². The summed E-state index contributed by atoms with van der Waals surface area (Å²) in [4.78, 5) is 46.5. The molecule has 7 rings (SSSR count). The minimum absolute atomic E-state index is 0.0565. The van der Waals surface area contributed by atoms with Gasteiger partial charge in [0.15, 0.2) is 11.0 Å². The molecule has 0 saturated carbocycles. The van der Waals surface area contributed by atoms with Crippen molar-refractivity contribution in [2.45, 2.75) is 32.4 Å². The molecule has 1 unspecified atom stereocenters. The molecular weight excluding hydrogens is 595 g/mol. The summed E-state index contributed by atoms with van der Waals surface area (Å²) in [5.41, 5.74) is -0.356. The smallest absolute Gasteiger partial charge is 0.297 e. The highest BCUT2D eigenvalue weighted by Crippen LogP contribution is 2.54. The van der Waals surface area contributed by atoms with E-state index in [1.807, 2.05) is 24.3 Å². The molecule has 2 amide bonds. The van der Waals surface area contributed by atoms with E-state index in [0.29, 0.717) is 38.6 Å². The number of fused-ring (bicyclic) bond motifs is 5. The van der Waals surface area contributed by atoms with Gasteiger partial charge in [0.2, 0.25) is 10.9 Å². The quantitative estimate of drug-likeness (QED) is 0.221. The number of aromatic nitrogens is 2. The van der Waals surface area contributed by atoms with Crippen molar-refractivity contribution >= 4 is 68.1 Å². The molecule has 0 aliphatic carbocycles. The van der Waals surface area contributed by atoms with Crippen molar-refractivity contribution in [1.82, 2.24) is 10.2 Å². The molecule has 210 valence electrons. The molecule has 2 aromatic heterocycles. The number of anilines is 2. The van der Waals surface area contributed by atoms with Gasteiger partial charge in [-0.25, -0.2) is 0 Å². The molecule has 5 aromatic rings. The molecule has 0 N–H and O–H groups in total. The first-order valence-corrected chi connectivity index (χ1v) is 14.9. The summed E-state index contributed by atoms with van der Waals surface area (Å²) < 4.78 is 6.11. The standard InChI is InChI=1S/C31H22Cl2N4O4S/c1-16(2)13-24-34-35-30(42-24)37-28(39)27-25(26(38)20-14-19(33)11-12-23(20)41-27)31(37)21-5-3-4-6-22(21)36(29(31)40)15-17-7-9-18(32)10-8-17/h3-12,14,16H,13,15H2,1-2H3. The zero-order chi connectivity index (χ0) is 29.3. The normalized spacial score (nSPS) is 17.6. The van der Waals surface area contributed by atoms with Gasteiger partial charge in [0.1, 0.15) is 10.6 Å². The second-order valence-electron chi connectivity index (χ2n) is 10.7. The summed E-state index contributed by atoms with van der Waals surface area (Å²) in [6.07, 6.45) is 0.645. The van der Waals surface area contributed by atoms with Crippen molar-refractivity contribution in [3.63, 3.8) is 0 Å². The Bertz CT molecular complexity index is 1990. The highest BCUT2D eigenvalue weighted by atomic mass is 35.5. The van der Waals surface area contributed by atoms with Gasteiger partial charge in [0.05, 0.1) is 23.2 Å². The number of amides is 2. The van der Waals surface area contributed by atoms with Crippen LogP contribution in [0.4, 0.5) is 10.8 Å². The summed E-state index contributed by atoms with van der Waals surface area (Å²) >= 11 is 13.6. The van der Waals surface area contributed by atoms with E-state index >= 15 is 0 Å². The molecule has 0 radical (unpaired) electrons. The molecule has 1 spiro atoms. The fourth-order valence-corrected chi connectivity index (χ4v) is 7.23. The average molecular weight is 618 g/mol. The fraction of sp³-hybridized carbons (Fsp3) is 0.194. The molecule has 2 aliphatic rings. The van der Waals surface area contributed by atoms with Crippen molar-refractivity contribution in [2.24, 2.45) is 5.92 Å². The lowest BCUT2D eigenvalue weighted by Crippen LogP contribution is -2.53. The van der Waals surface area contributed by atoms with E-state index in [-0.39, 0.29) is 34.0 Å². The van der Waals surface area contributed by atoms with E-state index in [1.54, 1.807) is 41.3 Å². The van der Waals surface area contributed by atoms with Crippen LogP contribution in [-0.4, -0.2) is 22.0 Å². The van der Waals surface area contributed by atoms with Gasteiger partial charge in [-0.2, -0.15) is 0 Å². The monoisotopic (exact) mass is 616 g/mol. The Kier molecular flexibility index (Phi) is 6.23. The van der Waals surface area contributed by atoms with Crippen LogP contribution in [0.2, 0.25) is 10.0 Å². The van der Waals surface area contributed by atoms with Crippen LogP contribution >= 0.6 is 34.5 Å². The summed E-state index contributed by atoms with van der Waals surface area (Å²) in [5, 5.41) is 10.7. The van der Waals surface area contributed by atoms with E-state index in [1.165, 1.54) is 22.3 Å². The number of carbonyl (C=O) groups excluding carboxylic acids is 2. The average Bonchev–Trinajstić information content (AvgIpc) is 3.59. The first-order chi connectivity index (χ1) is 20.2. The molecule has 11 heteroatoms. The number of hydrogen-bond acceptors (Lipinski definition) is 7. The lowest BCUT2D eigenvalue weighted by atomic mass is 9.84. The molecule has 2 aliphatic heterocycles. The van der Waals surface area contributed by atoms with E-state index < -0.39 is 22.8 Å². The molecular formula is C31H22Cl2N4O4S. The first-order valence-electron chi connectivity index (χ1n) is 13.3. The van der Waals surface area contributed by atoms with E-state index in [2.05, 4.69) is 24.0 Å². The molecule has 1 atom stereocenters.